The summed E-state index contributed by atoms with van der Waals surface area (Å²) in [7, 11) is 3.66. The summed E-state index contributed by atoms with van der Waals surface area (Å²) in [6.07, 6.45) is -2.56. The van der Waals surface area contributed by atoms with E-state index in [-0.39, 0.29) is 11.8 Å². The van der Waals surface area contributed by atoms with Crippen molar-refractivity contribution in [1.29, 1.82) is 0 Å². The van der Waals surface area contributed by atoms with E-state index in [1.165, 1.54) is 0 Å². The number of benzene rings is 1. The molecule has 0 atom stereocenters. The molecule has 1 aromatic heterocycles. The van der Waals surface area contributed by atoms with Crippen LogP contribution in [-0.2, 0) is 20.9 Å². The van der Waals surface area contributed by atoms with Crippen molar-refractivity contribution in [1.82, 2.24) is 15.6 Å². The van der Waals surface area contributed by atoms with Crippen LogP contribution in [0.15, 0.2) is 42.7 Å². The van der Waals surface area contributed by atoms with Gasteiger partial charge in [0.1, 0.15) is 5.75 Å². The molecule has 1 aliphatic carbocycles. The molecular formula is C25H29F6N3O6. The quantitative estimate of drug-likeness (QED) is 0.368. The summed E-state index contributed by atoms with van der Waals surface area (Å²) in [5.41, 5.74) is 3.18. The number of carbonyl (C=O) groups is 3. The maximum absolute atomic E-state index is 12.5. The number of carbonyl (C=O) groups excluding carboxylic acids is 1. The molecule has 9 nitrogen and oxygen atoms in total. The number of pyridine rings is 1. The third-order valence-corrected chi connectivity index (χ3v) is 5.67. The maximum Gasteiger partial charge on any atom is 0.490 e. The van der Waals surface area contributed by atoms with Crippen LogP contribution < -0.4 is 15.4 Å². The molecule has 1 aliphatic rings. The predicted octanol–water partition coefficient (Wildman–Crippen LogP) is 4.42. The minimum absolute atomic E-state index is 0.130. The first-order valence-corrected chi connectivity index (χ1v) is 11.7. The van der Waals surface area contributed by atoms with Crippen molar-refractivity contribution in [3.63, 3.8) is 0 Å². The van der Waals surface area contributed by atoms with Gasteiger partial charge in [0.15, 0.2) is 0 Å². The highest BCUT2D eigenvalue weighted by atomic mass is 19.4. The van der Waals surface area contributed by atoms with Gasteiger partial charge in [0.05, 0.1) is 7.11 Å². The number of alkyl halides is 6. The summed E-state index contributed by atoms with van der Waals surface area (Å²) in [5.74, 6) is -4.43. The minimum atomic E-state index is -5.08. The standard InChI is InChI=1S/C21H27N3O2.2C2HF3O2/c1-22-19-5-3-17(4-6-19)21(25)24-14-15-11-18(13-20(12-15)26-2)16-7-9-23-10-8-16;2*3-2(4,5)1(6)7/h7-13,17,19,22H,3-6,14H2,1-2H3,(H,24,25);2*(H,6,7). The monoisotopic (exact) mass is 581 g/mol. The summed E-state index contributed by atoms with van der Waals surface area (Å²) in [6, 6.07) is 10.6. The average molecular weight is 582 g/mol. The molecule has 2 aromatic rings. The molecule has 1 aromatic carbocycles. The maximum atomic E-state index is 12.5. The van der Waals surface area contributed by atoms with Crippen molar-refractivity contribution >= 4 is 17.8 Å². The number of carboxylic acids is 2. The molecule has 0 aliphatic heterocycles. The van der Waals surface area contributed by atoms with E-state index >= 15 is 0 Å². The smallest absolute Gasteiger partial charge is 0.490 e. The summed E-state index contributed by atoms with van der Waals surface area (Å²) in [5, 5.41) is 20.7. The SMILES string of the molecule is CNC1CCC(C(=O)NCc2cc(OC)cc(-c3ccncc3)c2)CC1.O=C(O)C(F)(F)F.O=C(O)C(F)(F)F. The van der Waals surface area contributed by atoms with Gasteiger partial charge in [-0.1, -0.05) is 0 Å². The number of nitrogens with one attached hydrogen (secondary N) is 2. The molecule has 3 rings (SSSR count). The molecule has 0 bridgehead atoms. The van der Waals surface area contributed by atoms with Crippen molar-refractivity contribution < 1.29 is 55.7 Å². The van der Waals surface area contributed by atoms with Gasteiger partial charge in [-0.15, -0.1) is 0 Å². The number of rotatable bonds is 6. The van der Waals surface area contributed by atoms with Gasteiger partial charge in [0, 0.05) is 30.9 Å². The first-order chi connectivity index (χ1) is 18.6. The van der Waals surface area contributed by atoms with E-state index in [1.54, 1.807) is 19.5 Å². The van der Waals surface area contributed by atoms with E-state index in [1.807, 2.05) is 31.3 Å². The Labute approximate surface area is 225 Å². The van der Waals surface area contributed by atoms with Crippen LogP contribution in [-0.4, -0.2) is 65.6 Å². The lowest BCUT2D eigenvalue weighted by molar-refractivity contribution is -0.193. The van der Waals surface area contributed by atoms with Crippen LogP contribution in [0.25, 0.3) is 11.1 Å². The predicted molar refractivity (Wildman–Crippen MR) is 130 cm³/mol. The number of halogens is 6. The van der Waals surface area contributed by atoms with Gasteiger partial charge in [0.2, 0.25) is 5.91 Å². The lowest BCUT2D eigenvalue weighted by atomic mass is 9.85. The molecule has 15 heteroatoms. The molecule has 1 saturated carbocycles. The van der Waals surface area contributed by atoms with E-state index in [2.05, 4.69) is 21.7 Å². The second-order valence-electron chi connectivity index (χ2n) is 8.47. The largest absolute Gasteiger partial charge is 0.497 e. The Morgan fingerprint density at radius 3 is 1.82 bits per heavy atom. The van der Waals surface area contributed by atoms with Gasteiger partial charge in [-0.3, -0.25) is 9.78 Å². The van der Waals surface area contributed by atoms with Crippen LogP contribution in [0, 0.1) is 5.92 Å². The Balaban J connectivity index is 0.000000473. The first kappa shape index (κ1) is 34.1. The number of nitrogens with zero attached hydrogens (tertiary/aromatic N) is 1. The Hall–Kier alpha value is -3.88. The van der Waals surface area contributed by atoms with Crippen molar-refractivity contribution in [2.45, 2.75) is 50.6 Å². The van der Waals surface area contributed by atoms with Gasteiger partial charge in [-0.05, 0) is 79.8 Å². The number of carboxylic acid groups (broad SMARTS) is 2. The Morgan fingerprint density at radius 2 is 1.40 bits per heavy atom. The zero-order valence-corrected chi connectivity index (χ0v) is 21.5. The molecule has 1 heterocycles. The molecule has 40 heavy (non-hydrogen) atoms. The lowest BCUT2D eigenvalue weighted by Crippen LogP contribution is -2.37. The minimum Gasteiger partial charge on any atom is -0.497 e. The van der Waals surface area contributed by atoms with Crippen molar-refractivity contribution in [3.8, 4) is 16.9 Å². The summed E-state index contributed by atoms with van der Waals surface area (Å²) >= 11 is 0. The molecule has 1 amide bonds. The van der Waals surface area contributed by atoms with E-state index in [4.69, 9.17) is 24.5 Å². The fourth-order valence-corrected chi connectivity index (χ4v) is 3.57. The van der Waals surface area contributed by atoms with Gasteiger partial charge in [0.25, 0.3) is 0 Å². The number of hydrogen-bond donors (Lipinski definition) is 4. The van der Waals surface area contributed by atoms with E-state index < -0.39 is 24.3 Å². The van der Waals surface area contributed by atoms with Gasteiger partial charge in [-0.2, -0.15) is 26.3 Å². The summed E-state index contributed by atoms with van der Waals surface area (Å²) < 4.78 is 68.9. The van der Waals surface area contributed by atoms with E-state index in [0.717, 1.165) is 48.1 Å². The molecule has 0 saturated heterocycles. The zero-order chi connectivity index (χ0) is 30.5. The lowest BCUT2D eigenvalue weighted by Gasteiger charge is -2.27. The highest BCUT2D eigenvalue weighted by molar-refractivity contribution is 5.79. The highest BCUT2D eigenvalue weighted by Gasteiger charge is 2.38. The number of ether oxygens (including phenoxy) is 1. The number of aliphatic carboxylic acids is 2. The van der Waals surface area contributed by atoms with Crippen LogP contribution in [0.1, 0.15) is 31.2 Å². The highest BCUT2D eigenvalue weighted by Crippen LogP contribution is 2.27. The fraction of sp³-hybridized carbons (Fsp3) is 0.440. The molecule has 222 valence electrons. The first-order valence-electron chi connectivity index (χ1n) is 11.7. The zero-order valence-electron chi connectivity index (χ0n) is 21.5. The molecule has 4 N–H and O–H groups in total. The van der Waals surface area contributed by atoms with Crippen molar-refractivity contribution in [2.75, 3.05) is 14.2 Å². The Morgan fingerprint density at radius 1 is 0.900 bits per heavy atom. The van der Waals surface area contributed by atoms with Crippen LogP contribution in [0.2, 0.25) is 0 Å². The van der Waals surface area contributed by atoms with Gasteiger partial charge in [-0.25, -0.2) is 9.59 Å². The Kier molecular flexibility index (Phi) is 13.4. The summed E-state index contributed by atoms with van der Waals surface area (Å²) in [4.78, 5) is 34.4. The molecule has 0 spiro atoms. The normalized spacial score (nSPS) is 16.8. The molecule has 1 fully saturated rings. The Bertz CT molecular complexity index is 1080. The topological polar surface area (TPSA) is 138 Å². The van der Waals surface area contributed by atoms with Crippen LogP contribution in [0.4, 0.5) is 26.3 Å². The van der Waals surface area contributed by atoms with Gasteiger partial charge < -0.3 is 25.6 Å². The van der Waals surface area contributed by atoms with Crippen molar-refractivity contribution in [2.24, 2.45) is 5.92 Å². The molecular weight excluding hydrogens is 552 g/mol. The number of aromatic nitrogens is 1. The fourth-order valence-electron chi connectivity index (χ4n) is 3.57. The number of amides is 1. The van der Waals surface area contributed by atoms with Gasteiger partial charge >= 0.3 is 24.3 Å². The van der Waals surface area contributed by atoms with Crippen LogP contribution in [0.3, 0.4) is 0 Å². The second kappa shape index (κ2) is 15.6. The summed E-state index contributed by atoms with van der Waals surface area (Å²) in [6.45, 7) is 0.514. The van der Waals surface area contributed by atoms with Crippen LogP contribution >= 0.6 is 0 Å². The number of methoxy groups -OCH3 is 1. The van der Waals surface area contributed by atoms with E-state index in [9.17, 15) is 31.1 Å². The third-order valence-electron chi connectivity index (χ3n) is 5.67. The molecule has 0 unspecified atom stereocenters. The van der Waals surface area contributed by atoms with E-state index in [0.29, 0.717) is 12.6 Å². The third kappa shape index (κ3) is 12.3. The second-order valence-corrected chi connectivity index (χ2v) is 8.47. The van der Waals surface area contributed by atoms with Crippen molar-refractivity contribution in [3.05, 3.63) is 48.3 Å². The molecule has 0 radical (unpaired) electrons. The van der Waals surface area contributed by atoms with Crippen LogP contribution in [0.5, 0.6) is 5.75 Å². The average Bonchev–Trinajstić information content (AvgIpc) is 2.91. The number of hydrogen-bond acceptors (Lipinski definition) is 6.